The fourth-order valence-corrected chi connectivity index (χ4v) is 2.52. The summed E-state index contributed by atoms with van der Waals surface area (Å²) in [5.74, 6) is 1.82. The third-order valence-corrected chi connectivity index (χ3v) is 2.95. The number of rotatable bonds is 1. The summed E-state index contributed by atoms with van der Waals surface area (Å²) in [6.45, 7) is 6.71. The summed E-state index contributed by atoms with van der Waals surface area (Å²) in [4.78, 5) is 3.84. The maximum absolute atomic E-state index is 2.34. The van der Waals surface area contributed by atoms with E-state index in [1.807, 2.05) is 11.8 Å². The number of nitrogens with zero attached hydrogens (tertiary/aromatic N) is 1. The Hall–Kier alpha value is -0.110. The van der Waals surface area contributed by atoms with Crippen molar-refractivity contribution in [3.05, 3.63) is 10.6 Å². The van der Waals surface area contributed by atoms with Gasteiger partial charge in [-0.2, -0.15) is 0 Å². The van der Waals surface area contributed by atoms with E-state index in [-0.39, 0.29) is 0 Å². The van der Waals surface area contributed by atoms with Gasteiger partial charge in [0, 0.05) is 17.6 Å². The van der Waals surface area contributed by atoms with Gasteiger partial charge in [0.1, 0.15) is 0 Å². The molecule has 0 amide bonds. The van der Waals surface area contributed by atoms with Gasteiger partial charge in [-0.15, -0.1) is 11.8 Å². The van der Waals surface area contributed by atoms with Gasteiger partial charge in [0.25, 0.3) is 0 Å². The van der Waals surface area contributed by atoms with Crippen molar-refractivity contribution in [2.24, 2.45) is 5.92 Å². The van der Waals surface area contributed by atoms with E-state index in [1.54, 1.807) is 0 Å². The minimum absolute atomic E-state index is 0.681. The van der Waals surface area contributed by atoms with Gasteiger partial charge >= 0.3 is 0 Å². The first kappa shape index (κ1) is 7.99. The molecule has 0 aromatic rings. The second-order valence-electron chi connectivity index (χ2n) is 3.07. The summed E-state index contributed by atoms with van der Waals surface area (Å²) in [5, 5.41) is 0. The molecule has 0 aliphatic carbocycles. The van der Waals surface area contributed by atoms with Crippen molar-refractivity contribution in [2.75, 3.05) is 12.9 Å². The first-order valence-electron chi connectivity index (χ1n) is 3.67. The minimum atomic E-state index is 0.681. The molecule has 0 bridgehead atoms. The van der Waals surface area contributed by atoms with Crippen LogP contribution in [-0.4, -0.2) is 17.8 Å². The summed E-state index contributed by atoms with van der Waals surface area (Å²) < 4.78 is 0. The van der Waals surface area contributed by atoms with Crippen LogP contribution in [0.4, 0.5) is 0 Å². The fraction of sp³-hybridized carbons (Fsp3) is 0.750. The Morgan fingerprint density at radius 1 is 1.50 bits per heavy atom. The summed E-state index contributed by atoms with van der Waals surface area (Å²) in [5.41, 5.74) is 1.52. The zero-order valence-corrected chi connectivity index (χ0v) is 7.96. The van der Waals surface area contributed by atoms with E-state index < -0.39 is 0 Å². The summed E-state index contributed by atoms with van der Waals surface area (Å²) in [6.07, 6.45) is 0. The fourth-order valence-electron chi connectivity index (χ4n) is 1.45. The van der Waals surface area contributed by atoms with Gasteiger partial charge in [-0.3, -0.25) is 0 Å². The van der Waals surface area contributed by atoms with Gasteiger partial charge < -0.3 is 4.90 Å². The molecular formula is C8H15NS. The second-order valence-corrected chi connectivity index (χ2v) is 4.23. The van der Waals surface area contributed by atoms with Crippen LogP contribution in [0, 0.1) is 5.92 Å². The molecule has 0 aromatic carbocycles. The molecule has 0 spiro atoms. The predicted octanol–water partition coefficient (Wildman–Crippen LogP) is 2.51. The zero-order chi connectivity index (χ0) is 7.72. The quantitative estimate of drug-likeness (QED) is 0.575. The molecule has 1 aliphatic rings. The standard InChI is InChI=1S/C8H15NS/c1-6(2)8-7(3)10-5-9(8)4/h6H,5H2,1-4H3. The van der Waals surface area contributed by atoms with E-state index in [0.29, 0.717) is 5.92 Å². The molecule has 10 heavy (non-hydrogen) atoms. The van der Waals surface area contributed by atoms with Gasteiger partial charge in [0.15, 0.2) is 0 Å². The average molecular weight is 157 g/mol. The largest absolute Gasteiger partial charge is 0.367 e. The van der Waals surface area contributed by atoms with Crippen molar-refractivity contribution in [3.63, 3.8) is 0 Å². The number of allylic oxidation sites excluding steroid dienone is 2. The normalized spacial score (nSPS) is 19.5. The van der Waals surface area contributed by atoms with Crippen LogP contribution in [0.5, 0.6) is 0 Å². The molecular weight excluding hydrogens is 142 g/mol. The first-order chi connectivity index (χ1) is 4.63. The SMILES string of the molecule is CC1=C(C(C)C)N(C)CS1. The highest BCUT2D eigenvalue weighted by atomic mass is 32.2. The molecule has 0 saturated carbocycles. The Morgan fingerprint density at radius 3 is 2.30 bits per heavy atom. The number of hydrogen-bond donors (Lipinski definition) is 0. The Morgan fingerprint density at radius 2 is 2.10 bits per heavy atom. The van der Waals surface area contributed by atoms with E-state index in [2.05, 4.69) is 32.7 Å². The number of hydrogen-bond acceptors (Lipinski definition) is 2. The molecule has 1 nitrogen and oxygen atoms in total. The lowest BCUT2D eigenvalue weighted by Crippen LogP contribution is -2.16. The van der Waals surface area contributed by atoms with Gasteiger partial charge in [-0.25, -0.2) is 0 Å². The van der Waals surface area contributed by atoms with Crippen LogP contribution in [0.15, 0.2) is 10.6 Å². The summed E-state index contributed by atoms with van der Waals surface area (Å²) >= 11 is 1.95. The van der Waals surface area contributed by atoms with Crippen molar-refractivity contribution in [3.8, 4) is 0 Å². The lowest BCUT2D eigenvalue weighted by atomic mass is 10.1. The van der Waals surface area contributed by atoms with Gasteiger partial charge in [0.05, 0.1) is 5.88 Å². The lowest BCUT2D eigenvalue weighted by molar-refractivity contribution is 0.439. The van der Waals surface area contributed by atoms with Gasteiger partial charge in [-0.05, 0) is 12.8 Å². The van der Waals surface area contributed by atoms with Crippen LogP contribution in [0.3, 0.4) is 0 Å². The number of thioether (sulfide) groups is 1. The second kappa shape index (κ2) is 2.87. The maximum Gasteiger partial charge on any atom is 0.0677 e. The van der Waals surface area contributed by atoms with Crippen LogP contribution in [-0.2, 0) is 0 Å². The van der Waals surface area contributed by atoms with Gasteiger partial charge in [-0.1, -0.05) is 13.8 Å². The Kier molecular flexibility index (Phi) is 2.29. The first-order valence-corrected chi connectivity index (χ1v) is 4.66. The van der Waals surface area contributed by atoms with Crippen molar-refractivity contribution < 1.29 is 0 Å². The smallest absolute Gasteiger partial charge is 0.0677 e. The van der Waals surface area contributed by atoms with Crippen molar-refractivity contribution >= 4 is 11.8 Å². The molecule has 58 valence electrons. The van der Waals surface area contributed by atoms with Gasteiger partial charge in [0.2, 0.25) is 0 Å². The Labute approximate surface area is 67.5 Å². The average Bonchev–Trinajstić information content (AvgIpc) is 2.11. The van der Waals surface area contributed by atoms with E-state index in [1.165, 1.54) is 10.6 Å². The molecule has 1 rings (SSSR count). The molecule has 0 unspecified atom stereocenters. The van der Waals surface area contributed by atoms with Crippen LogP contribution < -0.4 is 0 Å². The van der Waals surface area contributed by atoms with E-state index >= 15 is 0 Å². The van der Waals surface area contributed by atoms with Crippen LogP contribution in [0.25, 0.3) is 0 Å². The van der Waals surface area contributed by atoms with Crippen LogP contribution in [0.2, 0.25) is 0 Å². The van der Waals surface area contributed by atoms with Crippen molar-refractivity contribution in [1.82, 2.24) is 4.90 Å². The molecule has 1 heterocycles. The zero-order valence-electron chi connectivity index (χ0n) is 7.14. The molecule has 0 N–H and O–H groups in total. The molecule has 0 saturated heterocycles. The molecule has 0 aromatic heterocycles. The molecule has 2 heteroatoms. The lowest BCUT2D eigenvalue weighted by Gasteiger charge is -2.18. The summed E-state index contributed by atoms with van der Waals surface area (Å²) in [6, 6.07) is 0. The van der Waals surface area contributed by atoms with E-state index in [9.17, 15) is 0 Å². The molecule has 1 aliphatic heterocycles. The highest BCUT2D eigenvalue weighted by molar-refractivity contribution is 8.03. The monoisotopic (exact) mass is 157 g/mol. The van der Waals surface area contributed by atoms with E-state index in [0.717, 1.165) is 5.88 Å². The van der Waals surface area contributed by atoms with Crippen LogP contribution >= 0.6 is 11.8 Å². The topological polar surface area (TPSA) is 3.24 Å². The van der Waals surface area contributed by atoms with Crippen molar-refractivity contribution in [2.45, 2.75) is 20.8 Å². The Balaban J connectivity index is 2.78. The van der Waals surface area contributed by atoms with E-state index in [4.69, 9.17) is 0 Å². The third-order valence-electron chi connectivity index (χ3n) is 1.79. The maximum atomic E-state index is 2.34. The van der Waals surface area contributed by atoms with Crippen LogP contribution in [0.1, 0.15) is 20.8 Å². The van der Waals surface area contributed by atoms with Crippen molar-refractivity contribution in [1.29, 1.82) is 0 Å². The highest BCUT2D eigenvalue weighted by Gasteiger charge is 2.18. The predicted molar refractivity (Wildman–Crippen MR) is 47.8 cm³/mol. The third kappa shape index (κ3) is 1.31. The molecule has 0 fully saturated rings. The Bertz CT molecular complexity index is 161. The summed E-state index contributed by atoms with van der Waals surface area (Å²) in [7, 11) is 2.17. The highest BCUT2D eigenvalue weighted by Crippen LogP contribution is 2.33. The minimum Gasteiger partial charge on any atom is -0.367 e. The molecule has 0 atom stereocenters. The molecule has 0 radical (unpaired) electrons.